The molecule has 2 atom stereocenters. The first-order valence-electron chi connectivity index (χ1n) is 10.3. The molecule has 1 aromatic rings. The van der Waals surface area contributed by atoms with Crippen molar-refractivity contribution in [1.29, 1.82) is 0 Å². The van der Waals surface area contributed by atoms with Gasteiger partial charge in [-0.05, 0) is 37.1 Å². The number of carbonyl (C=O) groups is 5. The molecule has 0 heterocycles. The highest BCUT2D eigenvalue weighted by Crippen LogP contribution is 2.24. The van der Waals surface area contributed by atoms with Crippen LogP contribution in [0.2, 0.25) is 0 Å². The van der Waals surface area contributed by atoms with E-state index < -0.39 is 46.7 Å². The Morgan fingerprint density at radius 3 is 1.91 bits per heavy atom. The molecule has 0 aromatic heterocycles. The maximum Gasteiger partial charge on any atom is 0.268 e. The molecular weight excluding hydrogens is 421 g/mol. The average Bonchev–Trinajstić information content (AvgIpc) is 2.72. The zero-order valence-corrected chi connectivity index (χ0v) is 18.6. The van der Waals surface area contributed by atoms with E-state index in [-0.39, 0.29) is 24.8 Å². The fourth-order valence-corrected chi connectivity index (χ4v) is 3.20. The minimum Gasteiger partial charge on any atom is -0.366 e. The highest BCUT2D eigenvalue weighted by Gasteiger charge is 2.59. The van der Waals surface area contributed by atoms with Gasteiger partial charge in [0, 0.05) is 25.3 Å². The van der Waals surface area contributed by atoms with Gasteiger partial charge in [-0.15, -0.1) is 0 Å². The zero-order valence-electron chi connectivity index (χ0n) is 18.6. The fourth-order valence-electron chi connectivity index (χ4n) is 3.20. The quantitative estimate of drug-likeness (QED) is 0.308. The first-order chi connectivity index (χ1) is 15.0. The van der Waals surface area contributed by atoms with E-state index in [9.17, 15) is 28.4 Å². The Kier molecular flexibility index (Phi) is 9.30. The predicted octanol–water partition coefficient (Wildman–Crippen LogP) is 0.422. The molecule has 32 heavy (non-hydrogen) atoms. The minimum absolute atomic E-state index is 0.00894. The molecule has 0 bridgehead atoms. The molecule has 0 fully saturated rings. The maximum absolute atomic E-state index is 13.3. The van der Waals surface area contributed by atoms with Crippen LogP contribution in [0.5, 0.6) is 0 Å². The van der Waals surface area contributed by atoms with Gasteiger partial charge in [-0.2, -0.15) is 0 Å². The Hall–Kier alpha value is -3.50. The Bertz CT molecular complexity index is 876. The van der Waals surface area contributed by atoms with Crippen molar-refractivity contribution in [2.45, 2.75) is 64.7 Å². The summed E-state index contributed by atoms with van der Waals surface area (Å²) < 4.78 is 13.3. The van der Waals surface area contributed by atoms with Crippen LogP contribution in [0, 0.1) is 5.82 Å². The number of hydrogen-bond donors (Lipinski definition) is 5. The van der Waals surface area contributed by atoms with E-state index in [0.717, 1.165) is 19.1 Å². The molecule has 0 aliphatic carbocycles. The van der Waals surface area contributed by atoms with Crippen LogP contribution in [0.25, 0.3) is 0 Å². The van der Waals surface area contributed by atoms with Crippen LogP contribution >= 0.6 is 0 Å². The van der Waals surface area contributed by atoms with Gasteiger partial charge in [-0.3, -0.25) is 24.0 Å². The number of nitrogens with two attached hydrogens (primary N) is 1. The predicted molar refractivity (Wildman–Crippen MR) is 114 cm³/mol. The molecule has 1 aromatic carbocycles. The van der Waals surface area contributed by atoms with E-state index in [4.69, 9.17) is 5.73 Å². The Morgan fingerprint density at radius 2 is 1.47 bits per heavy atom. The first-order valence-corrected chi connectivity index (χ1v) is 10.3. The molecule has 0 saturated carbocycles. The normalized spacial score (nSPS) is 14.3. The lowest BCUT2D eigenvalue weighted by atomic mass is 9.86. The van der Waals surface area contributed by atoms with Crippen LogP contribution in [0.15, 0.2) is 24.3 Å². The summed E-state index contributed by atoms with van der Waals surface area (Å²) in [6.07, 6.45) is 0.162. The summed E-state index contributed by atoms with van der Waals surface area (Å²) in [5.74, 6) is -4.56. The largest absolute Gasteiger partial charge is 0.366 e. The molecule has 0 aliphatic heterocycles. The molecule has 10 nitrogen and oxygen atoms in total. The number of halogens is 1. The third-order valence-corrected chi connectivity index (χ3v) is 4.81. The van der Waals surface area contributed by atoms with E-state index in [2.05, 4.69) is 21.3 Å². The second kappa shape index (κ2) is 11.2. The van der Waals surface area contributed by atoms with Crippen molar-refractivity contribution in [3.8, 4) is 0 Å². The van der Waals surface area contributed by atoms with E-state index in [1.165, 1.54) is 26.0 Å². The highest BCUT2D eigenvalue weighted by atomic mass is 19.1. The van der Waals surface area contributed by atoms with Gasteiger partial charge in [0.05, 0.1) is 0 Å². The Labute approximate surface area is 185 Å². The number of benzene rings is 1. The van der Waals surface area contributed by atoms with Crippen LogP contribution in [0.1, 0.15) is 63.7 Å². The van der Waals surface area contributed by atoms with Crippen LogP contribution in [0.3, 0.4) is 0 Å². The molecular formula is C21H30FN5O5. The monoisotopic (exact) mass is 451 g/mol. The molecule has 2 unspecified atom stereocenters. The summed E-state index contributed by atoms with van der Waals surface area (Å²) in [5, 5.41) is 9.82. The average molecular weight is 451 g/mol. The molecule has 0 aliphatic rings. The van der Waals surface area contributed by atoms with Crippen molar-refractivity contribution in [1.82, 2.24) is 21.3 Å². The van der Waals surface area contributed by atoms with E-state index in [1.807, 2.05) is 0 Å². The van der Waals surface area contributed by atoms with E-state index in [1.54, 1.807) is 6.92 Å². The van der Waals surface area contributed by atoms with Gasteiger partial charge >= 0.3 is 0 Å². The summed E-state index contributed by atoms with van der Waals surface area (Å²) in [6, 6.07) is 4.52. The molecule has 6 N–H and O–H groups in total. The molecule has 0 radical (unpaired) electrons. The second-order valence-corrected chi connectivity index (χ2v) is 7.22. The van der Waals surface area contributed by atoms with Gasteiger partial charge in [0.25, 0.3) is 11.8 Å². The smallest absolute Gasteiger partial charge is 0.268 e. The molecule has 176 valence electrons. The Balaban J connectivity index is 3.70. The standard InChI is InChI=1S/C21H30FN5O5/c1-5-8-17(30)26-21(19(23)32,25-16(29)6-2)20(7-3,24-13(4)28)27-18(31)14-9-11-15(22)12-10-14/h9-12H,5-8H2,1-4H3,(H2,23,32)(H,24,28)(H,25,29)(H,26,30)(H,27,31). The summed E-state index contributed by atoms with van der Waals surface area (Å²) >= 11 is 0. The topological polar surface area (TPSA) is 159 Å². The lowest BCUT2D eigenvalue weighted by Gasteiger charge is -2.49. The van der Waals surface area contributed by atoms with Crippen molar-refractivity contribution >= 4 is 29.5 Å². The highest BCUT2D eigenvalue weighted by molar-refractivity contribution is 5.99. The lowest BCUT2D eigenvalue weighted by molar-refractivity contribution is -0.145. The van der Waals surface area contributed by atoms with Gasteiger partial charge < -0.3 is 27.0 Å². The van der Waals surface area contributed by atoms with Gasteiger partial charge in [0.2, 0.25) is 23.4 Å². The van der Waals surface area contributed by atoms with Gasteiger partial charge in [-0.1, -0.05) is 20.8 Å². The number of amides is 5. The number of carbonyl (C=O) groups excluding carboxylic acids is 5. The summed E-state index contributed by atoms with van der Waals surface area (Å²) in [6.45, 7) is 5.89. The molecule has 0 spiro atoms. The molecule has 1 rings (SSSR count). The summed E-state index contributed by atoms with van der Waals surface area (Å²) in [5.41, 5.74) is 1.23. The number of nitrogens with one attached hydrogen (secondary N) is 4. The zero-order chi connectivity index (χ0) is 24.5. The van der Waals surface area contributed by atoms with Gasteiger partial charge in [0.1, 0.15) is 5.82 Å². The van der Waals surface area contributed by atoms with E-state index in [0.29, 0.717) is 6.42 Å². The lowest BCUT2D eigenvalue weighted by Crippen LogP contribution is -2.86. The van der Waals surface area contributed by atoms with E-state index >= 15 is 0 Å². The van der Waals surface area contributed by atoms with Crippen LogP contribution in [-0.2, 0) is 19.2 Å². The second-order valence-electron chi connectivity index (χ2n) is 7.22. The van der Waals surface area contributed by atoms with Crippen molar-refractivity contribution in [2.75, 3.05) is 0 Å². The van der Waals surface area contributed by atoms with Crippen molar-refractivity contribution in [2.24, 2.45) is 5.73 Å². The number of hydrogen-bond acceptors (Lipinski definition) is 5. The van der Waals surface area contributed by atoms with Crippen LogP contribution < -0.4 is 27.0 Å². The van der Waals surface area contributed by atoms with Crippen molar-refractivity contribution in [3.05, 3.63) is 35.6 Å². The van der Waals surface area contributed by atoms with Crippen molar-refractivity contribution in [3.63, 3.8) is 0 Å². The number of primary amides is 1. The summed E-state index contributed by atoms with van der Waals surface area (Å²) in [7, 11) is 0. The van der Waals surface area contributed by atoms with Crippen LogP contribution in [-0.4, -0.2) is 40.9 Å². The minimum atomic E-state index is -2.40. The van der Waals surface area contributed by atoms with Crippen molar-refractivity contribution < 1.29 is 28.4 Å². The van der Waals surface area contributed by atoms with Gasteiger partial charge in [0.15, 0.2) is 5.66 Å². The first kappa shape index (κ1) is 26.5. The molecule has 0 saturated heterocycles. The third-order valence-electron chi connectivity index (χ3n) is 4.81. The Morgan fingerprint density at radius 1 is 0.906 bits per heavy atom. The fraction of sp³-hybridized carbons (Fsp3) is 0.476. The third kappa shape index (κ3) is 6.02. The van der Waals surface area contributed by atoms with Crippen LogP contribution in [0.4, 0.5) is 4.39 Å². The summed E-state index contributed by atoms with van der Waals surface area (Å²) in [4.78, 5) is 62.8. The maximum atomic E-state index is 13.3. The van der Waals surface area contributed by atoms with Gasteiger partial charge in [-0.25, -0.2) is 4.39 Å². The number of rotatable bonds is 11. The molecule has 11 heteroatoms. The molecule has 5 amide bonds. The SMILES string of the molecule is CCCC(=O)NC(NC(=O)CC)(C(N)=O)C(CC)(NC(C)=O)NC(=O)c1ccc(F)cc1.